The summed E-state index contributed by atoms with van der Waals surface area (Å²) in [4.78, 5) is 12.5. The quantitative estimate of drug-likeness (QED) is 0.784. The molecule has 4 nitrogen and oxygen atoms in total. The molecule has 1 saturated carbocycles. The number of carbonyl (C=O) groups excluding carboxylic acids is 1. The van der Waals surface area contributed by atoms with Gasteiger partial charge in [0.15, 0.2) is 0 Å². The van der Waals surface area contributed by atoms with Crippen molar-refractivity contribution in [2.45, 2.75) is 51.4 Å². The van der Waals surface area contributed by atoms with E-state index in [-0.39, 0.29) is 11.3 Å². The van der Waals surface area contributed by atoms with Crippen molar-refractivity contribution in [2.24, 2.45) is 11.3 Å². The topological polar surface area (TPSA) is 50.4 Å². The molecule has 0 aromatic carbocycles. The van der Waals surface area contributed by atoms with Gasteiger partial charge in [0.2, 0.25) is 5.91 Å². The largest absolute Gasteiger partial charge is 0.384 e. The van der Waals surface area contributed by atoms with Crippen LogP contribution in [0.1, 0.15) is 51.4 Å². The van der Waals surface area contributed by atoms with E-state index in [0.717, 1.165) is 44.8 Å². The van der Waals surface area contributed by atoms with E-state index in [4.69, 9.17) is 4.74 Å². The van der Waals surface area contributed by atoms with E-state index < -0.39 is 0 Å². The maximum Gasteiger partial charge on any atom is 0.228 e. The predicted molar refractivity (Wildman–Crippen MR) is 80.6 cm³/mol. The van der Waals surface area contributed by atoms with Crippen LogP contribution in [0, 0.1) is 11.3 Å². The monoisotopic (exact) mass is 282 g/mol. The Morgan fingerprint density at radius 1 is 1.25 bits per heavy atom. The van der Waals surface area contributed by atoms with Crippen molar-refractivity contribution >= 4 is 5.91 Å². The second kappa shape index (κ2) is 7.99. The molecule has 0 bridgehead atoms. The third kappa shape index (κ3) is 4.19. The lowest BCUT2D eigenvalue weighted by molar-refractivity contribution is -0.136. The van der Waals surface area contributed by atoms with Crippen LogP contribution < -0.4 is 10.6 Å². The Balaban J connectivity index is 1.76. The lowest BCUT2D eigenvalue weighted by Gasteiger charge is -2.35. The molecule has 0 atom stereocenters. The van der Waals surface area contributed by atoms with Crippen molar-refractivity contribution < 1.29 is 9.53 Å². The van der Waals surface area contributed by atoms with Crippen LogP contribution in [0.15, 0.2) is 0 Å². The van der Waals surface area contributed by atoms with Gasteiger partial charge >= 0.3 is 0 Å². The molecule has 1 aliphatic heterocycles. The molecule has 116 valence electrons. The molecule has 2 rings (SSSR count). The van der Waals surface area contributed by atoms with Crippen LogP contribution in [-0.2, 0) is 9.53 Å². The third-order valence-corrected chi connectivity index (χ3v) is 5.03. The van der Waals surface area contributed by atoms with Crippen LogP contribution in [0.5, 0.6) is 0 Å². The Morgan fingerprint density at radius 2 is 1.95 bits per heavy atom. The average molecular weight is 282 g/mol. The highest BCUT2D eigenvalue weighted by atomic mass is 16.5. The van der Waals surface area contributed by atoms with Gasteiger partial charge in [-0.3, -0.25) is 4.79 Å². The highest BCUT2D eigenvalue weighted by Crippen LogP contribution is 2.30. The number of carbonyl (C=O) groups is 1. The van der Waals surface area contributed by atoms with Gasteiger partial charge < -0.3 is 15.4 Å². The van der Waals surface area contributed by atoms with Gasteiger partial charge in [0.1, 0.15) is 0 Å². The van der Waals surface area contributed by atoms with Crippen LogP contribution >= 0.6 is 0 Å². The highest BCUT2D eigenvalue weighted by Gasteiger charge is 2.39. The Kier molecular flexibility index (Phi) is 6.30. The van der Waals surface area contributed by atoms with Gasteiger partial charge in [-0.05, 0) is 38.3 Å². The smallest absolute Gasteiger partial charge is 0.228 e. The van der Waals surface area contributed by atoms with Crippen LogP contribution in [-0.4, -0.2) is 39.3 Å². The lowest BCUT2D eigenvalue weighted by atomic mass is 9.78. The molecule has 20 heavy (non-hydrogen) atoms. The second-order valence-electron chi connectivity index (χ2n) is 6.51. The molecule has 2 N–H and O–H groups in total. The maximum absolute atomic E-state index is 12.5. The number of methoxy groups -OCH3 is 1. The minimum atomic E-state index is -0.299. The van der Waals surface area contributed by atoms with Crippen molar-refractivity contribution in [3.8, 4) is 0 Å². The molecule has 0 spiro atoms. The third-order valence-electron chi connectivity index (χ3n) is 5.03. The summed E-state index contributed by atoms with van der Waals surface area (Å²) in [6.07, 6.45) is 9.76. The van der Waals surface area contributed by atoms with Crippen LogP contribution in [0.25, 0.3) is 0 Å². The summed E-state index contributed by atoms with van der Waals surface area (Å²) in [5, 5.41) is 6.50. The Hall–Kier alpha value is -0.610. The zero-order chi connectivity index (χ0) is 14.3. The first-order chi connectivity index (χ1) is 9.77. The van der Waals surface area contributed by atoms with Crippen LogP contribution in [0.3, 0.4) is 0 Å². The normalized spacial score (nSPS) is 23.4. The van der Waals surface area contributed by atoms with Crippen molar-refractivity contribution in [1.82, 2.24) is 10.6 Å². The van der Waals surface area contributed by atoms with Crippen molar-refractivity contribution in [3.05, 3.63) is 0 Å². The lowest BCUT2D eigenvalue weighted by Crippen LogP contribution is -2.50. The molecule has 1 aliphatic carbocycles. The van der Waals surface area contributed by atoms with Crippen LogP contribution in [0.2, 0.25) is 0 Å². The first kappa shape index (κ1) is 15.8. The number of hydrogen-bond donors (Lipinski definition) is 2. The summed E-state index contributed by atoms with van der Waals surface area (Å²) in [5.41, 5.74) is -0.299. The molecule has 2 aliphatic rings. The Bertz CT molecular complexity index is 289. The molecule has 2 fully saturated rings. The van der Waals surface area contributed by atoms with E-state index in [1.54, 1.807) is 7.11 Å². The van der Waals surface area contributed by atoms with Gasteiger partial charge in [-0.2, -0.15) is 0 Å². The molecule has 1 heterocycles. The van der Waals surface area contributed by atoms with E-state index in [1.807, 2.05) is 0 Å². The molecule has 4 heteroatoms. The van der Waals surface area contributed by atoms with E-state index in [0.29, 0.717) is 6.61 Å². The highest BCUT2D eigenvalue weighted by molar-refractivity contribution is 5.82. The Labute approximate surface area is 123 Å². The number of amides is 1. The summed E-state index contributed by atoms with van der Waals surface area (Å²) in [5.74, 6) is 1.03. The molecule has 0 radical (unpaired) electrons. The van der Waals surface area contributed by atoms with E-state index in [1.165, 1.54) is 32.1 Å². The number of hydrogen-bond acceptors (Lipinski definition) is 3. The standard InChI is InChI=1S/C16H30N2O2/c1-20-13-16(8-11-17-12-9-16)15(19)18-10-7-14-5-3-2-4-6-14/h14,17H,2-13H2,1H3,(H,18,19). The molecule has 0 aromatic heterocycles. The first-order valence-electron chi connectivity index (χ1n) is 8.25. The predicted octanol–water partition coefficient (Wildman–Crippen LogP) is 2.09. The summed E-state index contributed by atoms with van der Waals surface area (Å²) in [6.45, 7) is 3.21. The minimum Gasteiger partial charge on any atom is -0.384 e. The van der Waals surface area contributed by atoms with Crippen molar-refractivity contribution in [1.29, 1.82) is 0 Å². The SMILES string of the molecule is COCC1(C(=O)NCCC2CCCCC2)CCNCC1. The van der Waals surface area contributed by atoms with Gasteiger partial charge in [0, 0.05) is 13.7 Å². The van der Waals surface area contributed by atoms with Crippen LogP contribution in [0.4, 0.5) is 0 Å². The number of ether oxygens (including phenoxy) is 1. The molecular weight excluding hydrogens is 252 g/mol. The Morgan fingerprint density at radius 3 is 2.60 bits per heavy atom. The van der Waals surface area contributed by atoms with E-state index >= 15 is 0 Å². The summed E-state index contributed by atoms with van der Waals surface area (Å²) >= 11 is 0. The van der Waals surface area contributed by atoms with Gasteiger partial charge in [0.05, 0.1) is 12.0 Å². The average Bonchev–Trinajstić information content (AvgIpc) is 2.49. The fourth-order valence-corrected chi connectivity index (χ4v) is 3.67. The van der Waals surface area contributed by atoms with E-state index in [2.05, 4.69) is 10.6 Å². The van der Waals surface area contributed by atoms with Gasteiger partial charge in [-0.1, -0.05) is 32.1 Å². The van der Waals surface area contributed by atoms with Gasteiger partial charge in [-0.25, -0.2) is 0 Å². The summed E-state index contributed by atoms with van der Waals surface area (Å²) in [6, 6.07) is 0. The first-order valence-corrected chi connectivity index (χ1v) is 8.25. The summed E-state index contributed by atoms with van der Waals surface area (Å²) < 4.78 is 5.31. The number of nitrogens with one attached hydrogen (secondary N) is 2. The number of rotatable bonds is 6. The second-order valence-corrected chi connectivity index (χ2v) is 6.51. The summed E-state index contributed by atoms with van der Waals surface area (Å²) in [7, 11) is 1.69. The molecule has 0 aromatic rings. The van der Waals surface area contributed by atoms with Gasteiger partial charge in [-0.15, -0.1) is 0 Å². The minimum absolute atomic E-state index is 0.205. The molecular formula is C16H30N2O2. The zero-order valence-corrected chi connectivity index (χ0v) is 12.9. The zero-order valence-electron chi connectivity index (χ0n) is 12.9. The fraction of sp³-hybridized carbons (Fsp3) is 0.938. The molecule has 1 amide bonds. The van der Waals surface area contributed by atoms with Crippen molar-refractivity contribution in [2.75, 3.05) is 33.4 Å². The van der Waals surface area contributed by atoms with Gasteiger partial charge in [0.25, 0.3) is 0 Å². The van der Waals surface area contributed by atoms with Crippen molar-refractivity contribution in [3.63, 3.8) is 0 Å². The number of piperidine rings is 1. The molecule has 0 unspecified atom stereocenters. The maximum atomic E-state index is 12.5. The molecule has 1 saturated heterocycles. The van der Waals surface area contributed by atoms with E-state index in [9.17, 15) is 4.79 Å². The fourth-order valence-electron chi connectivity index (χ4n) is 3.67.